The summed E-state index contributed by atoms with van der Waals surface area (Å²) in [6, 6.07) is 12.0. The molecule has 2 aromatic carbocycles. The summed E-state index contributed by atoms with van der Waals surface area (Å²) < 4.78 is 18.2. The lowest BCUT2D eigenvalue weighted by atomic mass is 10.00. The SMILES string of the molecule is COc1cc(C(O)c2cccc(C)c2)ccc1F. The normalized spacial score (nSPS) is 12.2. The first-order valence-corrected chi connectivity index (χ1v) is 5.70. The number of ether oxygens (including phenoxy) is 1. The van der Waals surface area contributed by atoms with Gasteiger partial charge in [-0.3, -0.25) is 0 Å². The molecule has 1 atom stereocenters. The second kappa shape index (κ2) is 5.19. The van der Waals surface area contributed by atoms with Crippen molar-refractivity contribution in [2.75, 3.05) is 7.11 Å². The highest BCUT2D eigenvalue weighted by Gasteiger charge is 2.13. The number of halogens is 1. The van der Waals surface area contributed by atoms with Gasteiger partial charge in [0.25, 0.3) is 0 Å². The summed E-state index contributed by atoms with van der Waals surface area (Å²) in [5, 5.41) is 10.2. The van der Waals surface area contributed by atoms with E-state index in [4.69, 9.17) is 4.74 Å². The molecule has 18 heavy (non-hydrogen) atoms. The first-order chi connectivity index (χ1) is 8.61. The molecule has 0 bridgehead atoms. The van der Waals surface area contributed by atoms with Crippen LogP contribution in [-0.2, 0) is 0 Å². The number of aryl methyl sites for hydroxylation is 1. The van der Waals surface area contributed by atoms with E-state index >= 15 is 0 Å². The average molecular weight is 246 g/mol. The van der Waals surface area contributed by atoms with Crippen molar-refractivity contribution in [3.05, 3.63) is 65.0 Å². The molecule has 0 amide bonds. The molecule has 2 aromatic rings. The predicted molar refractivity (Wildman–Crippen MR) is 68.2 cm³/mol. The summed E-state index contributed by atoms with van der Waals surface area (Å²) in [5.74, 6) is -0.295. The molecule has 2 nitrogen and oxygen atoms in total. The van der Waals surface area contributed by atoms with Crippen LogP contribution in [0.15, 0.2) is 42.5 Å². The van der Waals surface area contributed by atoms with Crippen LogP contribution in [0.5, 0.6) is 5.75 Å². The number of aliphatic hydroxyl groups is 1. The van der Waals surface area contributed by atoms with Crippen LogP contribution in [0.25, 0.3) is 0 Å². The number of methoxy groups -OCH3 is 1. The highest BCUT2D eigenvalue weighted by Crippen LogP contribution is 2.27. The van der Waals surface area contributed by atoms with Gasteiger partial charge in [0.2, 0.25) is 0 Å². The molecular formula is C15H15FO2. The minimum Gasteiger partial charge on any atom is -0.494 e. The van der Waals surface area contributed by atoms with Crippen LogP contribution in [0.1, 0.15) is 22.8 Å². The van der Waals surface area contributed by atoms with E-state index in [1.165, 1.54) is 19.2 Å². The number of aliphatic hydroxyl groups excluding tert-OH is 1. The van der Waals surface area contributed by atoms with Crippen molar-refractivity contribution in [2.45, 2.75) is 13.0 Å². The lowest BCUT2D eigenvalue weighted by Gasteiger charge is -2.13. The van der Waals surface area contributed by atoms with E-state index in [0.717, 1.165) is 11.1 Å². The molecule has 2 rings (SSSR count). The Balaban J connectivity index is 2.36. The van der Waals surface area contributed by atoms with E-state index in [1.54, 1.807) is 6.07 Å². The third-order valence-electron chi connectivity index (χ3n) is 2.85. The van der Waals surface area contributed by atoms with Crippen LogP contribution in [-0.4, -0.2) is 12.2 Å². The number of hydrogen-bond donors (Lipinski definition) is 1. The van der Waals surface area contributed by atoms with Crippen molar-refractivity contribution in [3.63, 3.8) is 0 Å². The average Bonchev–Trinajstić information content (AvgIpc) is 2.38. The third-order valence-corrected chi connectivity index (χ3v) is 2.85. The zero-order chi connectivity index (χ0) is 13.1. The van der Waals surface area contributed by atoms with Gasteiger partial charge in [-0.2, -0.15) is 0 Å². The van der Waals surface area contributed by atoms with Crippen LogP contribution >= 0.6 is 0 Å². The maximum absolute atomic E-state index is 13.3. The van der Waals surface area contributed by atoms with Crippen molar-refractivity contribution in [1.29, 1.82) is 0 Å². The van der Waals surface area contributed by atoms with Gasteiger partial charge >= 0.3 is 0 Å². The van der Waals surface area contributed by atoms with Crippen molar-refractivity contribution in [2.24, 2.45) is 0 Å². The summed E-state index contributed by atoms with van der Waals surface area (Å²) in [7, 11) is 1.40. The second-order valence-electron chi connectivity index (χ2n) is 4.21. The van der Waals surface area contributed by atoms with Gasteiger partial charge in [-0.05, 0) is 30.2 Å². The van der Waals surface area contributed by atoms with Gasteiger partial charge in [-0.25, -0.2) is 4.39 Å². The first-order valence-electron chi connectivity index (χ1n) is 5.70. The Kier molecular flexibility index (Phi) is 3.63. The van der Waals surface area contributed by atoms with Gasteiger partial charge in [0.15, 0.2) is 11.6 Å². The summed E-state index contributed by atoms with van der Waals surface area (Å²) in [5.41, 5.74) is 2.46. The van der Waals surface area contributed by atoms with E-state index in [1.807, 2.05) is 31.2 Å². The van der Waals surface area contributed by atoms with Crippen molar-refractivity contribution >= 4 is 0 Å². The van der Waals surface area contributed by atoms with Crippen molar-refractivity contribution in [3.8, 4) is 5.75 Å². The smallest absolute Gasteiger partial charge is 0.165 e. The standard InChI is InChI=1S/C15H15FO2/c1-10-4-3-5-11(8-10)15(17)12-6-7-13(16)14(9-12)18-2/h3-9,15,17H,1-2H3. The maximum Gasteiger partial charge on any atom is 0.165 e. The van der Waals surface area contributed by atoms with Gasteiger partial charge in [-0.15, -0.1) is 0 Å². The molecule has 0 saturated heterocycles. The second-order valence-corrected chi connectivity index (χ2v) is 4.21. The fourth-order valence-electron chi connectivity index (χ4n) is 1.88. The van der Waals surface area contributed by atoms with E-state index in [0.29, 0.717) is 5.56 Å². The van der Waals surface area contributed by atoms with E-state index in [2.05, 4.69) is 0 Å². The van der Waals surface area contributed by atoms with Crippen LogP contribution < -0.4 is 4.74 Å². The zero-order valence-electron chi connectivity index (χ0n) is 10.4. The Hall–Kier alpha value is -1.87. The molecule has 3 heteroatoms. The molecule has 0 spiro atoms. The molecule has 0 aliphatic heterocycles. The fourth-order valence-corrected chi connectivity index (χ4v) is 1.88. The molecule has 94 valence electrons. The molecule has 1 N–H and O–H groups in total. The fraction of sp³-hybridized carbons (Fsp3) is 0.200. The predicted octanol–water partition coefficient (Wildman–Crippen LogP) is 3.22. The third kappa shape index (κ3) is 2.51. The maximum atomic E-state index is 13.3. The van der Waals surface area contributed by atoms with E-state index in [9.17, 15) is 9.50 Å². The number of hydrogen-bond acceptors (Lipinski definition) is 2. The molecule has 0 fully saturated rings. The molecule has 0 aliphatic rings. The molecular weight excluding hydrogens is 231 g/mol. The molecule has 0 heterocycles. The van der Waals surface area contributed by atoms with Crippen LogP contribution in [0.4, 0.5) is 4.39 Å². The molecule has 0 saturated carbocycles. The Morgan fingerprint density at radius 2 is 1.83 bits per heavy atom. The van der Waals surface area contributed by atoms with Gasteiger partial charge in [-0.1, -0.05) is 35.9 Å². The minimum atomic E-state index is -0.778. The lowest BCUT2D eigenvalue weighted by molar-refractivity contribution is 0.219. The van der Waals surface area contributed by atoms with Crippen LogP contribution in [0, 0.1) is 12.7 Å². The summed E-state index contributed by atoms with van der Waals surface area (Å²) in [4.78, 5) is 0. The van der Waals surface area contributed by atoms with E-state index in [-0.39, 0.29) is 5.75 Å². The quantitative estimate of drug-likeness (QED) is 0.901. The van der Waals surface area contributed by atoms with Crippen molar-refractivity contribution < 1.29 is 14.2 Å². The lowest BCUT2D eigenvalue weighted by Crippen LogP contribution is -2.01. The van der Waals surface area contributed by atoms with Gasteiger partial charge in [0.05, 0.1) is 7.11 Å². The first kappa shape index (κ1) is 12.6. The Morgan fingerprint density at radius 3 is 2.50 bits per heavy atom. The number of rotatable bonds is 3. The summed E-state index contributed by atoms with van der Waals surface area (Å²) >= 11 is 0. The van der Waals surface area contributed by atoms with Crippen molar-refractivity contribution in [1.82, 2.24) is 0 Å². The topological polar surface area (TPSA) is 29.5 Å². The highest BCUT2D eigenvalue weighted by atomic mass is 19.1. The number of benzene rings is 2. The Bertz CT molecular complexity index is 552. The molecule has 0 radical (unpaired) electrons. The molecule has 1 unspecified atom stereocenters. The largest absolute Gasteiger partial charge is 0.494 e. The van der Waals surface area contributed by atoms with Crippen LogP contribution in [0.3, 0.4) is 0 Å². The zero-order valence-corrected chi connectivity index (χ0v) is 10.4. The monoisotopic (exact) mass is 246 g/mol. The Morgan fingerprint density at radius 1 is 1.11 bits per heavy atom. The van der Waals surface area contributed by atoms with Gasteiger partial charge < -0.3 is 9.84 Å². The van der Waals surface area contributed by atoms with Gasteiger partial charge in [0, 0.05) is 0 Å². The van der Waals surface area contributed by atoms with Gasteiger partial charge in [0.1, 0.15) is 6.10 Å². The molecule has 0 aliphatic carbocycles. The minimum absolute atomic E-state index is 0.138. The molecule has 0 aromatic heterocycles. The summed E-state index contributed by atoms with van der Waals surface area (Å²) in [6.45, 7) is 1.96. The highest BCUT2D eigenvalue weighted by molar-refractivity contribution is 5.37. The van der Waals surface area contributed by atoms with Crippen LogP contribution in [0.2, 0.25) is 0 Å². The van der Waals surface area contributed by atoms with E-state index < -0.39 is 11.9 Å². The Labute approximate surface area is 106 Å². The summed E-state index contributed by atoms with van der Waals surface area (Å²) in [6.07, 6.45) is -0.778.